The highest BCUT2D eigenvalue weighted by Crippen LogP contribution is 2.37. The van der Waals surface area contributed by atoms with Gasteiger partial charge in [0.1, 0.15) is 18.2 Å². The first-order valence-electron chi connectivity index (χ1n) is 6.29. The molecule has 2 N–H and O–H groups in total. The summed E-state index contributed by atoms with van der Waals surface area (Å²) < 4.78 is 7.74. The number of nitrogens with zero attached hydrogens (tertiary/aromatic N) is 2. The Labute approximate surface area is 111 Å². The first-order chi connectivity index (χ1) is 9.20. The van der Waals surface area contributed by atoms with Gasteiger partial charge in [-0.3, -0.25) is 4.79 Å². The molecule has 0 radical (unpaired) electrons. The van der Waals surface area contributed by atoms with Crippen LogP contribution in [0.3, 0.4) is 0 Å². The van der Waals surface area contributed by atoms with Crippen LogP contribution in [0.4, 0.5) is 0 Å². The number of carbonyl (C=O) groups excluding carboxylic acids is 1. The van der Waals surface area contributed by atoms with Gasteiger partial charge in [0, 0.05) is 12.1 Å². The lowest BCUT2D eigenvalue weighted by Crippen LogP contribution is -2.18. The normalized spacial score (nSPS) is 12.5. The molecule has 1 aromatic carbocycles. The predicted octanol–water partition coefficient (Wildman–Crippen LogP) is 1.49. The van der Waals surface area contributed by atoms with E-state index < -0.39 is 0 Å². The summed E-state index contributed by atoms with van der Waals surface area (Å²) >= 11 is 0. The fraction of sp³-hybridized carbons (Fsp3) is 0.286. The van der Waals surface area contributed by atoms with Gasteiger partial charge in [0.25, 0.3) is 0 Å². The van der Waals surface area contributed by atoms with E-state index in [0.717, 1.165) is 29.2 Å². The highest BCUT2D eigenvalue weighted by molar-refractivity contribution is 5.77. The maximum atomic E-state index is 11.1. The summed E-state index contributed by atoms with van der Waals surface area (Å²) in [6, 6.07) is 7.80. The van der Waals surface area contributed by atoms with Gasteiger partial charge < -0.3 is 15.0 Å². The SMILES string of the molecule is CCn1c(CC(N)=O)nc2c1COc1ccccc1-2. The molecule has 5 nitrogen and oxygen atoms in total. The monoisotopic (exact) mass is 257 g/mol. The van der Waals surface area contributed by atoms with Crippen LogP contribution in [-0.4, -0.2) is 15.5 Å². The molecule has 0 aliphatic carbocycles. The highest BCUT2D eigenvalue weighted by atomic mass is 16.5. The molecule has 0 spiro atoms. The Hall–Kier alpha value is -2.30. The number of hydrogen-bond donors (Lipinski definition) is 1. The molecular formula is C14H15N3O2. The van der Waals surface area contributed by atoms with Crippen molar-refractivity contribution >= 4 is 5.91 Å². The zero-order valence-corrected chi connectivity index (χ0v) is 10.7. The minimum Gasteiger partial charge on any atom is -0.487 e. The van der Waals surface area contributed by atoms with Gasteiger partial charge in [-0.25, -0.2) is 4.98 Å². The molecule has 1 aliphatic heterocycles. The summed E-state index contributed by atoms with van der Waals surface area (Å²) in [5.74, 6) is 1.17. The minimum atomic E-state index is -0.369. The molecule has 98 valence electrons. The van der Waals surface area contributed by atoms with Crippen molar-refractivity contribution < 1.29 is 9.53 Å². The Morgan fingerprint density at radius 1 is 1.47 bits per heavy atom. The number of carbonyl (C=O) groups is 1. The molecule has 0 saturated heterocycles. The molecule has 19 heavy (non-hydrogen) atoms. The number of hydrogen-bond acceptors (Lipinski definition) is 3. The molecule has 1 aromatic heterocycles. The topological polar surface area (TPSA) is 70.1 Å². The van der Waals surface area contributed by atoms with Gasteiger partial charge >= 0.3 is 0 Å². The van der Waals surface area contributed by atoms with Gasteiger partial charge in [0.15, 0.2) is 0 Å². The van der Waals surface area contributed by atoms with Crippen molar-refractivity contribution in [2.75, 3.05) is 0 Å². The fourth-order valence-electron chi connectivity index (χ4n) is 2.50. The number of imidazole rings is 1. The van der Waals surface area contributed by atoms with E-state index in [2.05, 4.69) is 4.98 Å². The maximum absolute atomic E-state index is 11.1. The Bertz CT molecular complexity index is 646. The molecule has 0 fully saturated rings. The average molecular weight is 257 g/mol. The highest BCUT2D eigenvalue weighted by Gasteiger charge is 2.24. The number of rotatable bonds is 3. The van der Waals surface area contributed by atoms with E-state index in [1.165, 1.54) is 0 Å². The summed E-state index contributed by atoms with van der Waals surface area (Å²) in [5, 5.41) is 0. The van der Waals surface area contributed by atoms with Gasteiger partial charge in [-0.1, -0.05) is 12.1 Å². The second-order valence-electron chi connectivity index (χ2n) is 4.50. The third kappa shape index (κ3) is 1.87. The van der Waals surface area contributed by atoms with Gasteiger partial charge in [0.2, 0.25) is 5.91 Å². The van der Waals surface area contributed by atoms with Crippen LogP contribution >= 0.6 is 0 Å². The van der Waals surface area contributed by atoms with Crippen molar-refractivity contribution in [2.24, 2.45) is 5.73 Å². The molecule has 2 heterocycles. The van der Waals surface area contributed by atoms with Crippen molar-refractivity contribution in [1.82, 2.24) is 9.55 Å². The lowest BCUT2D eigenvalue weighted by molar-refractivity contribution is -0.117. The molecular weight excluding hydrogens is 242 g/mol. The van der Waals surface area contributed by atoms with Crippen molar-refractivity contribution in [3.63, 3.8) is 0 Å². The quantitative estimate of drug-likeness (QED) is 0.905. The van der Waals surface area contributed by atoms with E-state index in [1.807, 2.05) is 35.8 Å². The Kier molecular flexibility index (Phi) is 2.74. The summed E-state index contributed by atoms with van der Waals surface area (Å²) in [7, 11) is 0. The van der Waals surface area contributed by atoms with Gasteiger partial charge in [-0.2, -0.15) is 0 Å². The minimum absolute atomic E-state index is 0.156. The molecule has 1 aliphatic rings. The Morgan fingerprint density at radius 3 is 3.00 bits per heavy atom. The van der Waals surface area contributed by atoms with E-state index in [-0.39, 0.29) is 12.3 Å². The molecule has 0 unspecified atom stereocenters. The van der Waals surface area contributed by atoms with Crippen LogP contribution in [0.5, 0.6) is 5.75 Å². The molecule has 1 amide bonds. The third-order valence-electron chi connectivity index (χ3n) is 3.31. The standard InChI is InChI=1S/C14H15N3O2/c1-2-17-10-8-19-11-6-4-3-5-9(11)14(10)16-13(17)7-12(15)18/h3-6H,2,7-8H2,1H3,(H2,15,18). The number of amides is 1. The summed E-state index contributed by atoms with van der Waals surface area (Å²) in [6.45, 7) is 3.25. The molecule has 0 saturated carbocycles. The smallest absolute Gasteiger partial charge is 0.225 e. The Morgan fingerprint density at radius 2 is 2.26 bits per heavy atom. The predicted molar refractivity (Wildman–Crippen MR) is 70.6 cm³/mol. The number of para-hydroxylation sites is 1. The van der Waals surface area contributed by atoms with Gasteiger partial charge in [-0.05, 0) is 19.1 Å². The van der Waals surface area contributed by atoms with Crippen LogP contribution in [0.15, 0.2) is 24.3 Å². The van der Waals surface area contributed by atoms with E-state index in [4.69, 9.17) is 10.5 Å². The molecule has 0 bridgehead atoms. The summed E-state index contributed by atoms with van der Waals surface area (Å²) in [4.78, 5) is 15.7. The first kappa shape index (κ1) is 11.8. The number of primary amides is 1. The van der Waals surface area contributed by atoms with Crippen LogP contribution in [0, 0.1) is 0 Å². The third-order valence-corrected chi connectivity index (χ3v) is 3.31. The van der Waals surface area contributed by atoms with Crippen molar-refractivity contribution in [3.05, 3.63) is 35.8 Å². The van der Waals surface area contributed by atoms with E-state index >= 15 is 0 Å². The summed E-state index contributed by atoms with van der Waals surface area (Å²) in [6.07, 6.45) is 0.156. The number of benzene rings is 1. The first-order valence-corrected chi connectivity index (χ1v) is 6.29. The van der Waals surface area contributed by atoms with E-state index in [0.29, 0.717) is 12.4 Å². The van der Waals surface area contributed by atoms with Crippen LogP contribution in [0.1, 0.15) is 18.4 Å². The summed E-state index contributed by atoms with van der Waals surface area (Å²) in [5.41, 5.74) is 8.17. The maximum Gasteiger partial charge on any atom is 0.225 e. The number of ether oxygens (including phenoxy) is 1. The van der Waals surface area contributed by atoms with Crippen molar-refractivity contribution in [1.29, 1.82) is 0 Å². The number of aromatic nitrogens is 2. The molecule has 3 rings (SSSR count). The van der Waals surface area contributed by atoms with E-state index in [9.17, 15) is 4.79 Å². The van der Waals surface area contributed by atoms with Gasteiger partial charge in [0.05, 0.1) is 17.8 Å². The largest absolute Gasteiger partial charge is 0.487 e. The zero-order valence-electron chi connectivity index (χ0n) is 10.7. The lowest BCUT2D eigenvalue weighted by atomic mass is 10.1. The molecule has 5 heteroatoms. The van der Waals surface area contributed by atoms with Crippen molar-refractivity contribution in [3.8, 4) is 17.0 Å². The van der Waals surface area contributed by atoms with Gasteiger partial charge in [-0.15, -0.1) is 0 Å². The second-order valence-corrected chi connectivity index (χ2v) is 4.50. The molecule has 2 aromatic rings. The lowest BCUT2D eigenvalue weighted by Gasteiger charge is -2.18. The van der Waals surface area contributed by atoms with Crippen molar-refractivity contribution in [2.45, 2.75) is 26.5 Å². The van der Waals surface area contributed by atoms with Crippen LogP contribution in [-0.2, 0) is 24.4 Å². The van der Waals surface area contributed by atoms with E-state index in [1.54, 1.807) is 0 Å². The fourth-order valence-corrected chi connectivity index (χ4v) is 2.50. The zero-order chi connectivity index (χ0) is 13.4. The number of fused-ring (bicyclic) bond motifs is 3. The number of nitrogens with two attached hydrogens (primary N) is 1. The molecule has 0 atom stereocenters. The van der Waals surface area contributed by atoms with Crippen LogP contribution in [0.2, 0.25) is 0 Å². The van der Waals surface area contributed by atoms with Crippen LogP contribution in [0.25, 0.3) is 11.3 Å². The van der Waals surface area contributed by atoms with Crippen LogP contribution < -0.4 is 10.5 Å². The Balaban J connectivity index is 2.16. The average Bonchev–Trinajstić information content (AvgIpc) is 2.75. The second kappa shape index (κ2) is 4.42.